The maximum Gasteiger partial charge on any atom is 0.227 e. The van der Waals surface area contributed by atoms with Crippen LogP contribution < -0.4 is 5.73 Å². The largest absolute Gasteiger partial charge is 0.369 e. The molecular weight excluding hydrogens is 340 g/mol. The minimum atomic E-state index is -0.400. The lowest BCUT2D eigenvalue weighted by atomic mass is 10.3. The van der Waals surface area contributed by atoms with Gasteiger partial charge in [0.1, 0.15) is 0 Å². The number of rotatable bonds is 5. The third-order valence-electron chi connectivity index (χ3n) is 2.78. The molecule has 0 atom stereocenters. The topological polar surface area (TPSA) is 73.8 Å². The van der Waals surface area contributed by atoms with E-state index in [4.69, 9.17) is 17.3 Å². The number of thioether (sulfide) groups is 1. The van der Waals surface area contributed by atoms with Crippen LogP contribution >= 0.6 is 34.7 Å². The van der Waals surface area contributed by atoms with Gasteiger partial charge in [-0.3, -0.25) is 9.36 Å². The number of thiophene rings is 1. The zero-order valence-electron chi connectivity index (χ0n) is 11.3. The molecule has 2 N–H and O–H groups in total. The third-order valence-corrected chi connectivity index (χ3v) is 4.84. The quantitative estimate of drug-likeness (QED) is 0.717. The third kappa shape index (κ3) is 3.16. The van der Waals surface area contributed by atoms with Gasteiger partial charge in [-0.2, -0.15) is 0 Å². The lowest BCUT2D eigenvalue weighted by Crippen LogP contribution is -2.13. The summed E-state index contributed by atoms with van der Waals surface area (Å²) in [6, 6.07) is 11.3. The van der Waals surface area contributed by atoms with Crippen LogP contribution in [0.1, 0.15) is 0 Å². The van der Waals surface area contributed by atoms with E-state index in [-0.39, 0.29) is 5.75 Å². The number of carbonyl (C=O) groups is 1. The first-order valence-corrected chi connectivity index (χ1v) is 8.56. The first kappa shape index (κ1) is 15.1. The van der Waals surface area contributed by atoms with Crippen molar-refractivity contribution in [2.24, 2.45) is 5.73 Å². The van der Waals surface area contributed by atoms with Crippen LogP contribution in [0.2, 0.25) is 5.02 Å². The van der Waals surface area contributed by atoms with E-state index in [0.29, 0.717) is 16.0 Å². The van der Waals surface area contributed by atoms with Crippen LogP contribution in [0.5, 0.6) is 0 Å². The van der Waals surface area contributed by atoms with Gasteiger partial charge >= 0.3 is 0 Å². The summed E-state index contributed by atoms with van der Waals surface area (Å²) in [5.74, 6) is 0.455. The van der Waals surface area contributed by atoms with E-state index in [9.17, 15) is 4.79 Å². The lowest BCUT2D eigenvalue weighted by Gasteiger charge is -2.09. The fourth-order valence-corrected chi connectivity index (χ4v) is 3.49. The fourth-order valence-electron chi connectivity index (χ4n) is 1.91. The van der Waals surface area contributed by atoms with Crippen LogP contribution in [-0.4, -0.2) is 26.4 Å². The van der Waals surface area contributed by atoms with Gasteiger partial charge in [-0.25, -0.2) is 0 Å². The number of carbonyl (C=O) groups excluding carboxylic acids is 1. The van der Waals surface area contributed by atoms with Crippen LogP contribution in [0.15, 0.2) is 46.9 Å². The first-order chi connectivity index (χ1) is 10.6. The molecule has 0 aliphatic heterocycles. The predicted octanol–water partition coefficient (Wildman–Crippen LogP) is 3.23. The predicted molar refractivity (Wildman–Crippen MR) is 89.6 cm³/mol. The number of hydrogen-bond donors (Lipinski definition) is 1. The zero-order valence-corrected chi connectivity index (χ0v) is 13.7. The van der Waals surface area contributed by atoms with Gasteiger partial charge in [0.15, 0.2) is 11.0 Å². The SMILES string of the molecule is NC(=O)CSc1nnc(-c2cccs2)n1-c1cccc(Cl)c1. The van der Waals surface area contributed by atoms with Crippen molar-refractivity contribution in [1.82, 2.24) is 14.8 Å². The molecule has 0 aliphatic rings. The standard InChI is InChI=1S/C14H11ClN4OS2/c15-9-3-1-4-10(7-9)19-13(11-5-2-6-21-11)17-18-14(19)22-8-12(16)20/h1-7H,8H2,(H2,16,20). The maximum atomic E-state index is 11.0. The van der Waals surface area contributed by atoms with E-state index < -0.39 is 5.91 Å². The van der Waals surface area contributed by atoms with Gasteiger partial charge < -0.3 is 5.73 Å². The summed E-state index contributed by atoms with van der Waals surface area (Å²) in [5, 5.41) is 11.6. The maximum absolute atomic E-state index is 11.0. The Hall–Kier alpha value is -1.83. The van der Waals surface area contributed by atoms with Crippen molar-refractivity contribution >= 4 is 40.6 Å². The molecule has 0 fully saturated rings. The molecule has 3 aromatic rings. The molecule has 0 saturated carbocycles. The minimum absolute atomic E-state index is 0.142. The Kier molecular flexibility index (Phi) is 4.47. The smallest absolute Gasteiger partial charge is 0.227 e. The van der Waals surface area contributed by atoms with Gasteiger partial charge in [-0.05, 0) is 29.6 Å². The highest BCUT2D eigenvalue weighted by molar-refractivity contribution is 7.99. The molecule has 112 valence electrons. The molecular formula is C14H11ClN4OS2. The molecule has 0 spiro atoms. The van der Waals surface area contributed by atoms with Gasteiger partial charge in [-0.15, -0.1) is 21.5 Å². The van der Waals surface area contributed by atoms with Crippen LogP contribution in [0, 0.1) is 0 Å². The Morgan fingerprint density at radius 3 is 2.86 bits per heavy atom. The molecule has 5 nitrogen and oxygen atoms in total. The van der Waals surface area contributed by atoms with Gasteiger partial charge in [-0.1, -0.05) is 35.5 Å². The number of amides is 1. The van der Waals surface area contributed by atoms with E-state index >= 15 is 0 Å². The molecule has 3 rings (SSSR count). The normalized spacial score (nSPS) is 10.8. The average molecular weight is 351 g/mol. The summed E-state index contributed by atoms with van der Waals surface area (Å²) >= 11 is 8.91. The summed E-state index contributed by atoms with van der Waals surface area (Å²) in [4.78, 5) is 12.0. The van der Waals surface area contributed by atoms with Crippen LogP contribution in [0.4, 0.5) is 0 Å². The van der Waals surface area contributed by atoms with Crippen molar-refractivity contribution in [3.8, 4) is 16.4 Å². The Bertz CT molecular complexity index is 801. The van der Waals surface area contributed by atoms with E-state index in [1.807, 2.05) is 40.3 Å². The molecule has 0 saturated heterocycles. The minimum Gasteiger partial charge on any atom is -0.369 e. The highest BCUT2D eigenvalue weighted by atomic mass is 35.5. The van der Waals surface area contributed by atoms with E-state index in [0.717, 1.165) is 10.6 Å². The Balaban J connectivity index is 2.10. The van der Waals surface area contributed by atoms with Crippen molar-refractivity contribution in [1.29, 1.82) is 0 Å². The Morgan fingerprint density at radius 2 is 2.18 bits per heavy atom. The highest BCUT2D eigenvalue weighted by Crippen LogP contribution is 2.31. The summed E-state index contributed by atoms with van der Waals surface area (Å²) in [5.41, 5.74) is 6.06. The van der Waals surface area contributed by atoms with Crippen molar-refractivity contribution < 1.29 is 4.79 Å². The molecule has 2 heterocycles. The van der Waals surface area contributed by atoms with Crippen molar-refractivity contribution in [2.75, 3.05) is 5.75 Å². The Morgan fingerprint density at radius 1 is 1.32 bits per heavy atom. The van der Waals surface area contributed by atoms with Crippen LogP contribution in [-0.2, 0) is 4.79 Å². The van der Waals surface area contributed by atoms with E-state index in [1.165, 1.54) is 11.8 Å². The van der Waals surface area contributed by atoms with Crippen molar-refractivity contribution in [3.05, 3.63) is 46.8 Å². The summed E-state index contributed by atoms with van der Waals surface area (Å²) in [7, 11) is 0. The average Bonchev–Trinajstić information content (AvgIpc) is 3.14. The first-order valence-electron chi connectivity index (χ1n) is 6.31. The molecule has 8 heteroatoms. The van der Waals surface area contributed by atoms with Gasteiger partial charge in [0.05, 0.1) is 16.3 Å². The summed E-state index contributed by atoms with van der Waals surface area (Å²) in [6.45, 7) is 0. The lowest BCUT2D eigenvalue weighted by molar-refractivity contribution is -0.115. The van der Waals surface area contributed by atoms with Gasteiger partial charge in [0.2, 0.25) is 5.91 Å². The second kappa shape index (κ2) is 6.51. The van der Waals surface area contributed by atoms with Gasteiger partial charge in [0.25, 0.3) is 0 Å². The number of hydrogen-bond acceptors (Lipinski definition) is 5. The van der Waals surface area contributed by atoms with E-state index in [2.05, 4.69) is 10.2 Å². The monoisotopic (exact) mass is 350 g/mol. The molecule has 1 aromatic carbocycles. The molecule has 2 aromatic heterocycles. The van der Waals surface area contributed by atoms with E-state index in [1.54, 1.807) is 17.4 Å². The second-order valence-corrected chi connectivity index (χ2v) is 6.68. The molecule has 0 aliphatic carbocycles. The van der Waals surface area contributed by atoms with Crippen LogP contribution in [0.3, 0.4) is 0 Å². The number of primary amides is 1. The summed E-state index contributed by atoms with van der Waals surface area (Å²) in [6.07, 6.45) is 0. The van der Waals surface area contributed by atoms with Crippen molar-refractivity contribution in [2.45, 2.75) is 5.16 Å². The highest BCUT2D eigenvalue weighted by Gasteiger charge is 2.17. The molecule has 22 heavy (non-hydrogen) atoms. The zero-order chi connectivity index (χ0) is 15.5. The number of nitrogens with two attached hydrogens (primary N) is 1. The number of nitrogens with zero attached hydrogens (tertiary/aromatic N) is 3. The fraction of sp³-hybridized carbons (Fsp3) is 0.0714. The molecule has 0 unspecified atom stereocenters. The van der Waals surface area contributed by atoms with Crippen LogP contribution in [0.25, 0.3) is 16.4 Å². The number of halogens is 1. The molecule has 1 amide bonds. The number of aromatic nitrogens is 3. The number of benzene rings is 1. The summed E-state index contributed by atoms with van der Waals surface area (Å²) < 4.78 is 1.88. The Labute approximate surface area is 140 Å². The van der Waals surface area contributed by atoms with Gasteiger partial charge in [0, 0.05) is 5.02 Å². The molecule has 0 radical (unpaired) electrons. The van der Waals surface area contributed by atoms with Crippen molar-refractivity contribution in [3.63, 3.8) is 0 Å². The molecule has 0 bridgehead atoms. The second-order valence-electron chi connectivity index (χ2n) is 4.35.